The van der Waals surface area contributed by atoms with E-state index in [4.69, 9.17) is 11.5 Å². The fourth-order valence-electron chi connectivity index (χ4n) is 0.892. The Morgan fingerprint density at radius 2 is 2.23 bits per heavy atom. The monoisotopic (exact) mass is 200 g/mol. The van der Waals surface area contributed by atoms with Gasteiger partial charge in [-0.15, -0.1) is 11.8 Å². The molecule has 4 N–H and O–H groups in total. The number of rotatable bonds is 3. The van der Waals surface area contributed by atoms with Gasteiger partial charge in [-0.3, -0.25) is 0 Å². The predicted octanol–water partition coefficient (Wildman–Crippen LogP) is 1.85. The number of anilines is 1. The molecule has 0 spiro atoms. The van der Waals surface area contributed by atoms with Gasteiger partial charge in [-0.2, -0.15) is 0 Å². The Morgan fingerprint density at radius 1 is 1.54 bits per heavy atom. The average Bonchev–Trinajstić information content (AvgIpc) is 2.09. The Morgan fingerprint density at radius 3 is 2.77 bits per heavy atom. The molecule has 0 aliphatic rings. The van der Waals surface area contributed by atoms with Crippen LogP contribution in [0.4, 0.5) is 10.1 Å². The fraction of sp³-hybridized carbons (Fsp3) is 0.333. The molecule has 0 aromatic heterocycles. The zero-order chi connectivity index (χ0) is 9.84. The van der Waals surface area contributed by atoms with Gasteiger partial charge in [0.1, 0.15) is 5.82 Å². The topological polar surface area (TPSA) is 52.0 Å². The molecule has 72 valence electrons. The van der Waals surface area contributed by atoms with Crippen LogP contribution in [-0.4, -0.2) is 11.8 Å². The van der Waals surface area contributed by atoms with Crippen LogP contribution in [0, 0.1) is 5.82 Å². The van der Waals surface area contributed by atoms with Gasteiger partial charge in [0.2, 0.25) is 0 Å². The van der Waals surface area contributed by atoms with E-state index in [2.05, 4.69) is 0 Å². The smallest absolute Gasteiger partial charge is 0.125 e. The third-order valence-corrected chi connectivity index (χ3v) is 2.85. The van der Waals surface area contributed by atoms with E-state index in [0.717, 1.165) is 4.90 Å². The van der Waals surface area contributed by atoms with Crippen molar-refractivity contribution in [1.29, 1.82) is 0 Å². The second-order valence-corrected chi connectivity index (χ2v) is 4.33. The van der Waals surface area contributed by atoms with Crippen LogP contribution in [0.5, 0.6) is 0 Å². The highest BCUT2D eigenvalue weighted by molar-refractivity contribution is 8.00. The maximum atomic E-state index is 12.7. The molecule has 0 amide bonds. The van der Waals surface area contributed by atoms with Crippen molar-refractivity contribution >= 4 is 17.4 Å². The Balaban J connectivity index is 2.77. The second kappa shape index (κ2) is 4.48. The van der Waals surface area contributed by atoms with E-state index in [-0.39, 0.29) is 5.82 Å². The maximum Gasteiger partial charge on any atom is 0.125 e. The van der Waals surface area contributed by atoms with E-state index in [1.807, 2.05) is 6.92 Å². The van der Waals surface area contributed by atoms with Gasteiger partial charge in [0.05, 0.1) is 0 Å². The van der Waals surface area contributed by atoms with Crippen LogP contribution in [0.15, 0.2) is 23.1 Å². The molecule has 1 rings (SSSR count). The van der Waals surface area contributed by atoms with Crippen molar-refractivity contribution in [3.63, 3.8) is 0 Å². The third-order valence-electron chi connectivity index (χ3n) is 1.63. The van der Waals surface area contributed by atoms with E-state index in [1.54, 1.807) is 17.8 Å². The summed E-state index contributed by atoms with van der Waals surface area (Å²) in [6, 6.07) is 4.41. The van der Waals surface area contributed by atoms with Crippen LogP contribution in [-0.2, 0) is 0 Å². The minimum atomic E-state index is -0.303. The zero-order valence-corrected chi connectivity index (χ0v) is 8.27. The molecular weight excluding hydrogens is 187 g/mol. The number of hydrogen-bond acceptors (Lipinski definition) is 3. The molecule has 0 aliphatic heterocycles. The summed E-state index contributed by atoms with van der Waals surface area (Å²) in [5.41, 5.74) is 11.6. The lowest BCUT2D eigenvalue weighted by Crippen LogP contribution is -2.12. The molecule has 1 unspecified atom stereocenters. The SMILES string of the molecule is CC(CN)Sc1ccc(F)cc1N. The zero-order valence-electron chi connectivity index (χ0n) is 7.46. The lowest BCUT2D eigenvalue weighted by atomic mass is 10.3. The van der Waals surface area contributed by atoms with Crippen LogP contribution >= 0.6 is 11.8 Å². The summed E-state index contributed by atoms with van der Waals surface area (Å²) in [6.45, 7) is 2.59. The van der Waals surface area contributed by atoms with Crippen LogP contribution < -0.4 is 11.5 Å². The first-order chi connectivity index (χ1) is 6.13. The van der Waals surface area contributed by atoms with Crippen molar-refractivity contribution in [2.75, 3.05) is 12.3 Å². The Bertz CT molecular complexity index is 291. The molecule has 2 nitrogen and oxygen atoms in total. The van der Waals surface area contributed by atoms with Gasteiger partial charge in [0.25, 0.3) is 0 Å². The van der Waals surface area contributed by atoms with Gasteiger partial charge >= 0.3 is 0 Å². The van der Waals surface area contributed by atoms with Crippen molar-refractivity contribution in [2.24, 2.45) is 5.73 Å². The quantitative estimate of drug-likeness (QED) is 0.578. The molecule has 1 atom stereocenters. The molecule has 13 heavy (non-hydrogen) atoms. The van der Waals surface area contributed by atoms with E-state index in [1.165, 1.54) is 12.1 Å². The summed E-state index contributed by atoms with van der Waals surface area (Å²) in [7, 11) is 0. The van der Waals surface area contributed by atoms with Crippen LogP contribution in [0.1, 0.15) is 6.92 Å². The highest BCUT2D eigenvalue weighted by Crippen LogP contribution is 2.28. The van der Waals surface area contributed by atoms with Gasteiger partial charge in [-0.25, -0.2) is 4.39 Å². The predicted molar refractivity (Wildman–Crippen MR) is 55.2 cm³/mol. The lowest BCUT2D eigenvalue weighted by molar-refractivity contribution is 0.627. The highest BCUT2D eigenvalue weighted by Gasteiger charge is 2.05. The number of halogens is 1. The molecular formula is C9H13FN2S. The van der Waals surface area contributed by atoms with Crippen LogP contribution in [0.3, 0.4) is 0 Å². The summed E-state index contributed by atoms with van der Waals surface area (Å²) in [5, 5.41) is 0.299. The molecule has 0 bridgehead atoms. The van der Waals surface area contributed by atoms with Crippen LogP contribution in [0.25, 0.3) is 0 Å². The molecule has 1 aromatic carbocycles. The Kier molecular flexibility index (Phi) is 3.57. The molecule has 0 radical (unpaired) electrons. The van der Waals surface area contributed by atoms with E-state index >= 15 is 0 Å². The van der Waals surface area contributed by atoms with Gasteiger partial charge < -0.3 is 11.5 Å². The minimum Gasteiger partial charge on any atom is -0.398 e. The summed E-state index contributed by atoms with van der Waals surface area (Å²) in [4.78, 5) is 0.888. The summed E-state index contributed by atoms with van der Waals surface area (Å²) in [6.07, 6.45) is 0. The highest BCUT2D eigenvalue weighted by atomic mass is 32.2. The van der Waals surface area contributed by atoms with Crippen LogP contribution in [0.2, 0.25) is 0 Å². The number of hydrogen-bond donors (Lipinski definition) is 2. The molecule has 0 saturated carbocycles. The van der Waals surface area contributed by atoms with E-state index < -0.39 is 0 Å². The van der Waals surface area contributed by atoms with Crippen molar-refractivity contribution in [1.82, 2.24) is 0 Å². The molecule has 1 aromatic rings. The van der Waals surface area contributed by atoms with Crippen molar-refractivity contribution in [2.45, 2.75) is 17.1 Å². The van der Waals surface area contributed by atoms with Gasteiger partial charge in [0, 0.05) is 22.4 Å². The minimum absolute atomic E-state index is 0.299. The fourth-order valence-corrected chi connectivity index (χ4v) is 1.76. The maximum absolute atomic E-state index is 12.7. The first-order valence-corrected chi connectivity index (χ1v) is 4.93. The van der Waals surface area contributed by atoms with Gasteiger partial charge in [-0.05, 0) is 18.2 Å². The Hall–Kier alpha value is -0.740. The number of thioether (sulfide) groups is 1. The largest absolute Gasteiger partial charge is 0.398 e. The molecule has 0 fully saturated rings. The van der Waals surface area contributed by atoms with Gasteiger partial charge in [0.15, 0.2) is 0 Å². The third kappa shape index (κ3) is 2.90. The van der Waals surface area contributed by atoms with E-state index in [9.17, 15) is 4.39 Å². The van der Waals surface area contributed by atoms with Crippen molar-refractivity contribution in [3.8, 4) is 0 Å². The Labute approximate surface area is 81.5 Å². The number of nitrogen functional groups attached to an aromatic ring is 1. The first kappa shape index (κ1) is 10.3. The molecule has 0 heterocycles. The number of benzene rings is 1. The van der Waals surface area contributed by atoms with Crippen molar-refractivity contribution < 1.29 is 4.39 Å². The normalized spacial score (nSPS) is 12.8. The molecule has 0 aliphatic carbocycles. The average molecular weight is 200 g/mol. The van der Waals surface area contributed by atoms with Crippen molar-refractivity contribution in [3.05, 3.63) is 24.0 Å². The molecule has 4 heteroatoms. The first-order valence-electron chi connectivity index (χ1n) is 4.05. The lowest BCUT2D eigenvalue weighted by Gasteiger charge is -2.09. The van der Waals surface area contributed by atoms with Gasteiger partial charge in [-0.1, -0.05) is 6.92 Å². The standard InChI is InChI=1S/C9H13FN2S/c1-6(5-11)13-9-3-2-7(10)4-8(9)12/h2-4,6H,5,11-12H2,1H3. The second-order valence-electron chi connectivity index (χ2n) is 2.85. The summed E-state index contributed by atoms with van der Waals surface area (Å²) in [5.74, 6) is -0.303. The summed E-state index contributed by atoms with van der Waals surface area (Å²) >= 11 is 1.56. The summed E-state index contributed by atoms with van der Waals surface area (Å²) < 4.78 is 12.7. The number of nitrogens with two attached hydrogens (primary N) is 2. The van der Waals surface area contributed by atoms with E-state index in [0.29, 0.717) is 17.5 Å². The molecule has 0 saturated heterocycles.